The van der Waals surface area contributed by atoms with Gasteiger partial charge in [0.25, 0.3) is 0 Å². The van der Waals surface area contributed by atoms with Crippen LogP contribution in [0.2, 0.25) is 0 Å². The van der Waals surface area contributed by atoms with E-state index in [9.17, 15) is 0 Å². The van der Waals surface area contributed by atoms with Crippen molar-refractivity contribution in [3.63, 3.8) is 0 Å². The Hall–Kier alpha value is -1.06. The molecule has 2 rings (SSSR count). The van der Waals surface area contributed by atoms with Crippen LogP contribution in [0.25, 0.3) is 0 Å². The van der Waals surface area contributed by atoms with Crippen molar-refractivity contribution in [3.05, 3.63) is 29.8 Å². The van der Waals surface area contributed by atoms with Gasteiger partial charge in [0.15, 0.2) is 0 Å². The molecule has 3 nitrogen and oxygen atoms in total. The predicted molar refractivity (Wildman–Crippen MR) is 73.0 cm³/mol. The summed E-state index contributed by atoms with van der Waals surface area (Å²) >= 11 is 0. The number of methoxy groups -OCH3 is 1. The second kappa shape index (κ2) is 6.76. The molecule has 1 aromatic carbocycles. The van der Waals surface area contributed by atoms with Gasteiger partial charge in [-0.05, 0) is 43.9 Å². The maximum Gasteiger partial charge on any atom is 0.118 e. The molecule has 1 N–H and O–H groups in total. The fraction of sp³-hybridized carbons (Fsp3) is 0.600. The van der Waals surface area contributed by atoms with Gasteiger partial charge in [-0.3, -0.25) is 0 Å². The first-order chi connectivity index (χ1) is 8.79. The Bertz CT molecular complexity index is 344. The standard InChI is InChI=1S/C15H23NO2/c1-12(13-6-8-14(17-2)9-7-13)16-11-15-5-3-4-10-18-15/h6-9,12,15-16H,3-5,10-11H2,1-2H3/t12-,15?/m1/s1. The molecule has 0 radical (unpaired) electrons. The number of hydrogen-bond acceptors (Lipinski definition) is 3. The predicted octanol–water partition coefficient (Wildman–Crippen LogP) is 2.91. The molecule has 0 bridgehead atoms. The maximum absolute atomic E-state index is 5.72. The van der Waals surface area contributed by atoms with Crippen LogP contribution in [-0.2, 0) is 4.74 Å². The molecule has 2 atom stereocenters. The summed E-state index contributed by atoms with van der Waals surface area (Å²) in [5, 5.41) is 3.54. The lowest BCUT2D eigenvalue weighted by Gasteiger charge is -2.25. The number of hydrogen-bond donors (Lipinski definition) is 1. The Balaban J connectivity index is 1.80. The average molecular weight is 249 g/mol. The Kier molecular flexibility index (Phi) is 5.02. The fourth-order valence-corrected chi connectivity index (χ4v) is 2.29. The summed E-state index contributed by atoms with van der Waals surface area (Å²) < 4.78 is 10.9. The highest BCUT2D eigenvalue weighted by atomic mass is 16.5. The minimum atomic E-state index is 0.349. The van der Waals surface area contributed by atoms with E-state index in [2.05, 4.69) is 24.4 Å². The van der Waals surface area contributed by atoms with Crippen molar-refractivity contribution in [1.82, 2.24) is 5.32 Å². The normalized spacial score (nSPS) is 21.6. The largest absolute Gasteiger partial charge is 0.497 e. The summed E-state index contributed by atoms with van der Waals surface area (Å²) in [6.07, 6.45) is 4.08. The van der Waals surface area contributed by atoms with E-state index in [0.717, 1.165) is 18.9 Å². The van der Waals surface area contributed by atoms with Crippen LogP contribution in [-0.4, -0.2) is 26.4 Å². The van der Waals surface area contributed by atoms with Crippen LogP contribution < -0.4 is 10.1 Å². The Labute approximate surface area is 109 Å². The molecule has 0 aromatic heterocycles. The van der Waals surface area contributed by atoms with Crippen LogP contribution in [0.15, 0.2) is 24.3 Å². The van der Waals surface area contributed by atoms with Crippen molar-refractivity contribution >= 4 is 0 Å². The van der Waals surface area contributed by atoms with Crippen molar-refractivity contribution in [2.24, 2.45) is 0 Å². The maximum atomic E-state index is 5.72. The summed E-state index contributed by atoms with van der Waals surface area (Å²) in [6.45, 7) is 4.04. The first-order valence-electron chi connectivity index (χ1n) is 6.78. The van der Waals surface area contributed by atoms with E-state index in [0.29, 0.717) is 12.1 Å². The van der Waals surface area contributed by atoms with Gasteiger partial charge in [-0.15, -0.1) is 0 Å². The molecular weight excluding hydrogens is 226 g/mol. The van der Waals surface area contributed by atoms with E-state index in [4.69, 9.17) is 9.47 Å². The monoisotopic (exact) mass is 249 g/mol. The van der Waals surface area contributed by atoms with Crippen LogP contribution in [0, 0.1) is 0 Å². The quantitative estimate of drug-likeness (QED) is 0.870. The number of rotatable bonds is 5. The summed E-state index contributed by atoms with van der Waals surface area (Å²) in [4.78, 5) is 0. The van der Waals surface area contributed by atoms with Crippen LogP contribution in [0.3, 0.4) is 0 Å². The van der Waals surface area contributed by atoms with Crippen LogP contribution in [0.1, 0.15) is 37.8 Å². The van der Waals surface area contributed by atoms with Gasteiger partial charge in [0.2, 0.25) is 0 Å². The van der Waals surface area contributed by atoms with E-state index in [1.54, 1.807) is 7.11 Å². The molecule has 0 amide bonds. The lowest BCUT2D eigenvalue weighted by molar-refractivity contribution is 0.0156. The fourth-order valence-electron chi connectivity index (χ4n) is 2.29. The van der Waals surface area contributed by atoms with Crippen molar-refractivity contribution in [1.29, 1.82) is 0 Å². The number of ether oxygens (including phenoxy) is 2. The SMILES string of the molecule is COc1ccc([C@@H](C)NCC2CCCCO2)cc1. The molecule has 1 aliphatic rings. The van der Waals surface area contributed by atoms with Crippen LogP contribution >= 0.6 is 0 Å². The number of nitrogens with one attached hydrogen (secondary N) is 1. The third-order valence-electron chi connectivity index (χ3n) is 3.54. The second-order valence-electron chi connectivity index (χ2n) is 4.89. The second-order valence-corrected chi connectivity index (χ2v) is 4.89. The van der Waals surface area contributed by atoms with E-state index >= 15 is 0 Å². The summed E-state index contributed by atoms with van der Waals surface area (Å²) in [5.41, 5.74) is 1.28. The molecule has 3 heteroatoms. The smallest absolute Gasteiger partial charge is 0.118 e. The van der Waals surface area contributed by atoms with Gasteiger partial charge in [0.05, 0.1) is 13.2 Å². The summed E-state index contributed by atoms with van der Waals surface area (Å²) in [6, 6.07) is 8.58. The summed E-state index contributed by atoms with van der Waals surface area (Å²) in [5.74, 6) is 0.904. The van der Waals surface area contributed by atoms with Crippen molar-refractivity contribution in [2.45, 2.75) is 38.3 Å². The lowest BCUT2D eigenvalue weighted by Crippen LogP contribution is -2.33. The van der Waals surface area contributed by atoms with E-state index in [1.165, 1.54) is 24.8 Å². The highest BCUT2D eigenvalue weighted by Crippen LogP contribution is 2.18. The molecule has 1 heterocycles. The van der Waals surface area contributed by atoms with Gasteiger partial charge in [0.1, 0.15) is 5.75 Å². The first-order valence-corrected chi connectivity index (χ1v) is 6.78. The Morgan fingerprint density at radius 2 is 2.11 bits per heavy atom. The molecule has 1 unspecified atom stereocenters. The van der Waals surface area contributed by atoms with E-state index in [1.807, 2.05) is 12.1 Å². The van der Waals surface area contributed by atoms with Gasteiger partial charge in [-0.2, -0.15) is 0 Å². The van der Waals surface area contributed by atoms with Crippen molar-refractivity contribution < 1.29 is 9.47 Å². The van der Waals surface area contributed by atoms with Gasteiger partial charge in [0, 0.05) is 19.2 Å². The third-order valence-corrected chi connectivity index (χ3v) is 3.54. The Morgan fingerprint density at radius 3 is 2.72 bits per heavy atom. The highest BCUT2D eigenvalue weighted by Gasteiger charge is 2.14. The zero-order valence-electron chi connectivity index (χ0n) is 11.3. The molecule has 0 saturated carbocycles. The van der Waals surface area contributed by atoms with E-state index in [-0.39, 0.29) is 0 Å². The van der Waals surface area contributed by atoms with Crippen LogP contribution in [0.4, 0.5) is 0 Å². The molecule has 1 aliphatic heterocycles. The highest BCUT2D eigenvalue weighted by molar-refractivity contribution is 5.28. The minimum absolute atomic E-state index is 0.349. The zero-order valence-corrected chi connectivity index (χ0v) is 11.3. The molecule has 18 heavy (non-hydrogen) atoms. The number of benzene rings is 1. The molecule has 0 aliphatic carbocycles. The molecule has 100 valence electrons. The lowest BCUT2D eigenvalue weighted by atomic mass is 10.1. The van der Waals surface area contributed by atoms with Gasteiger partial charge in [-0.1, -0.05) is 12.1 Å². The van der Waals surface area contributed by atoms with Gasteiger partial charge in [-0.25, -0.2) is 0 Å². The summed E-state index contributed by atoms with van der Waals surface area (Å²) in [7, 11) is 1.69. The van der Waals surface area contributed by atoms with Crippen LogP contribution in [0.5, 0.6) is 5.75 Å². The first kappa shape index (κ1) is 13.4. The molecule has 1 saturated heterocycles. The Morgan fingerprint density at radius 1 is 1.33 bits per heavy atom. The minimum Gasteiger partial charge on any atom is -0.497 e. The van der Waals surface area contributed by atoms with Gasteiger partial charge < -0.3 is 14.8 Å². The zero-order chi connectivity index (χ0) is 12.8. The van der Waals surface area contributed by atoms with E-state index < -0.39 is 0 Å². The molecule has 1 fully saturated rings. The third kappa shape index (κ3) is 3.72. The molecule has 1 aromatic rings. The van der Waals surface area contributed by atoms with Crippen molar-refractivity contribution in [3.8, 4) is 5.75 Å². The molecule has 0 spiro atoms. The van der Waals surface area contributed by atoms with Crippen molar-refractivity contribution in [2.75, 3.05) is 20.3 Å². The topological polar surface area (TPSA) is 30.5 Å². The van der Waals surface area contributed by atoms with Gasteiger partial charge >= 0.3 is 0 Å². The average Bonchev–Trinajstić information content (AvgIpc) is 2.46. The molecular formula is C15H23NO2.